The van der Waals surface area contributed by atoms with Crippen molar-refractivity contribution < 1.29 is 12.6 Å². The van der Waals surface area contributed by atoms with Crippen LogP contribution in [0.2, 0.25) is 0 Å². The van der Waals surface area contributed by atoms with Crippen LogP contribution >= 0.6 is 0 Å². The van der Waals surface area contributed by atoms with E-state index in [1.54, 1.807) is 12.1 Å². The average molecular weight is 279 g/mol. The highest BCUT2D eigenvalue weighted by molar-refractivity contribution is 7.86. The Hall–Kier alpha value is -1.38. The molecule has 1 aromatic rings. The minimum absolute atomic E-state index is 0.0326. The van der Waals surface area contributed by atoms with Gasteiger partial charge in [0.2, 0.25) is 0 Å². The zero-order valence-corrected chi connectivity index (χ0v) is 11.7. The lowest BCUT2D eigenvalue weighted by molar-refractivity contribution is 0.194. The van der Waals surface area contributed by atoms with Crippen LogP contribution in [0, 0.1) is 24.2 Å². The van der Waals surface area contributed by atoms with Gasteiger partial charge in [0, 0.05) is 5.92 Å². The van der Waals surface area contributed by atoms with Crippen molar-refractivity contribution in [3.05, 3.63) is 29.8 Å². The SMILES string of the molecule is Cc1ccc(S(=O)(=O)O[C@@H](C#N)C2CCCC2)cc1. The summed E-state index contributed by atoms with van der Waals surface area (Å²) in [5, 5.41) is 9.10. The van der Waals surface area contributed by atoms with Gasteiger partial charge in [-0.15, -0.1) is 0 Å². The van der Waals surface area contributed by atoms with Crippen molar-refractivity contribution in [2.24, 2.45) is 5.92 Å². The van der Waals surface area contributed by atoms with E-state index in [0.717, 1.165) is 31.2 Å². The van der Waals surface area contributed by atoms with Gasteiger partial charge in [-0.25, -0.2) is 4.18 Å². The van der Waals surface area contributed by atoms with Crippen molar-refractivity contribution in [2.45, 2.75) is 43.6 Å². The van der Waals surface area contributed by atoms with Crippen LogP contribution < -0.4 is 0 Å². The Morgan fingerprint density at radius 3 is 2.37 bits per heavy atom. The van der Waals surface area contributed by atoms with Crippen LogP contribution in [0.5, 0.6) is 0 Å². The van der Waals surface area contributed by atoms with Crippen LogP contribution in [0.25, 0.3) is 0 Å². The summed E-state index contributed by atoms with van der Waals surface area (Å²) in [6, 6.07) is 8.43. The van der Waals surface area contributed by atoms with Crippen LogP contribution in [-0.2, 0) is 14.3 Å². The summed E-state index contributed by atoms with van der Waals surface area (Å²) in [5.41, 5.74) is 0.978. The largest absolute Gasteiger partial charge is 0.298 e. The van der Waals surface area contributed by atoms with Crippen LogP contribution in [0.4, 0.5) is 0 Å². The molecule has 0 heterocycles. The van der Waals surface area contributed by atoms with E-state index in [1.807, 2.05) is 13.0 Å². The van der Waals surface area contributed by atoms with Crippen molar-refractivity contribution in [2.75, 3.05) is 0 Å². The summed E-state index contributed by atoms with van der Waals surface area (Å²) < 4.78 is 29.3. The van der Waals surface area contributed by atoms with Crippen LogP contribution in [0.3, 0.4) is 0 Å². The topological polar surface area (TPSA) is 67.2 Å². The van der Waals surface area contributed by atoms with Crippen molar-refractivity contribution in [1.29, 1.82) is 5.26 Å². The molecule has 5 heteroatoms. The van der Waals surface area contributed by atoms with Gasteiger partial charge >= 0.3 is 0 Å². The Morgan fingerprint density at radius 1 is 1.26 bits per heavy atom. The van der Waals surface area contributed by atoms with E-state index in [0.29, 0.717) is 0 Å². The number of aryl methyl sites for hydroxylation is 1. The molecule has 0 saturated heterocycles. The van der Waals surface area contributed by atoms with Gasteiger partial charge in [-0.1, -0.05) is 30.5 Å². The van der Waals surface area contributed by atoms with E-state index < -0.39 is 16.2 Å². The van der Waals surface area contributed by atoms with E-state index in [1.165, 1.54) is 12.1 Å². The zero-order valence-electron chi connectivity index (χ0n) is 10.9. The molecular weight excluding hydrogens is 262 g/mol. The normalized spacial score (nSPS) is 18.1. The van der Waals surface area contributed by atoms with E-state index in [9.17, 15) is 8.42 Å². The molecule has 4 nitrogen and oxygen atoms in total. The van der Waals surface area contributed by atoms with E-state index in [2.05, 4.69) is 0 Å². The second-order valence-corrected chi connectivity index (χ2v) is 6.53. The van der Waals surface area contributed by atoms with Crippen molar-refractivity contribution in [3.63, 3.8) is 0 Å². The third kappa shape index (κ3) is 3.34. The molecule has 0 spiro atoms. The Bertz CT molecular complexity index is 566. The molecule has 1 aliphatic carbocycles. The van der Waals surface area contributed by atoms with Crippen molar-refractivity contribution in [1.82, 2.24) is 0 Å². The molecule has 1 aromatic carbocycles. The van der Waals surface area contributed by atoms with Crippen molar-refractivity contribution in [3.8, 4) is 6.07 Å². The number of nitriles is 1. The number of nitrogens with zero attached hydrogens (tertiary/aromatic N) is 1. The van der Waals surface area contributed by atoms with Crippen LogP contribution in [0.15, 0.2) is 29.2 Å². The molecule has 1 fully saturated rings. The summed E-state index contributed by atoms with van der Waals surface area (Å²) in [6.07, 6.45) is 2.94. The third-order valence-electron chi connectivity index (χ3n) is 3.50. The number of hydrogen-bond acceptors (Lipinski definition) is 4. The maximum Gasteiger partial charge on any atom is 0.298 e. The molecule has 1 saturated carbocycles. The molecule has 0 N–H and O–H groups in total. The molecule has 0 aromatic heterocycles. The highest BCUT2D eigenvalue weighted by Gasteiger charge is 2.30. The van der Waals surface area contributed by atoms with Gasteiger partial charge in [0.1, 0.15) is 0 Å². The zero-order chi connectivity index (χ0) is 13.9. The fraction of sp³-hybridized carbons (Fsp3) is 0.500. The molecule has 0 bridgehead atoms. The molecule has 102 valence electrons. The first-order valence-electron chi connectivity index (χ1n) is 6.42. The van der Waals surface area contributed by atoms with Crippen LogP contribution in [0.1, 0.15) is 31.2 Å². The highest BCUT2D eigenvalue weighted by Crippen LogP contribution is 2.30. The van der Waals surface area contributed by atoms with Gasteiger partial charge in [-0.2, -0.15) is 13.7 Å². The minimum atomic E-state index is -3.85. The van der Waals surface area contributed by atoms with E-state index >= 15 is 0 Å². The van der Waals surface area contributed by atoms with Gasteiger partial charge in [-0.3, -0.25) is 0 Å². The highest BCUT2D eigenvalue weighted by atomic mass is 32.2. The lowest BCUT2D eigenvalue weighted by atomic mass is 10.0. The molecule has 19 heavy (non-hydrogen) atoms. The summed E-state index contributed by atoms with van der Waals surface area (Å²) >= 11 is 0. The summed E-state index contributed by atoms with van der Waals surface area (Å²) in [6.45, 7) is 1.88. The standard InChI is InChI=1S/C14H17NO3S/c1-11-6-8-13(9-7-11)19(16,17)18-14(10-15)12-4-2-3-5-12/h6-9,12,14H,2-5H2,1H3/t14-/m0/s1. The average Bonchev–Trinajstić information content (AvgIpc) is 2.90. The maximum atomic E-state index is 12.1. The molecule has 1 aliphatic rings. The smallest absolute Gasteiger partial charge is 0.247 e. The minimum Gasteiger partial charge on any atom is -0.247 e. The molecule has 1 atom stereocenters. The molecule has 0 unspecified atom stereocenters. The predicted octanol–water partition coefficient (Wildman–Crippen LogP) is 2.78. The number of rotatable bonds is 4. The Labute approximate surface area is 114 Å². The third-order valence-corrected chi connectivity index (χ3v) is 4.81. The molecule has 0 aliphatic heterocycles. The van der Waals surface area contributed by atoms with Crippen LogP contribution in [-0.4, -0.2) is 14.5 Å². The lowest BCUT2D eigenvalue weighted by Crippen LogP contribution is -2.24. The van der Waals surface area contributed by atoms with E-state index in [4.69, 9.17) is 9.44 Å². The second kappa shape index (κ2) is 5.72. The van der Waals surface area contributed by atoms with Crippen molar-refractivity contribution >= 4 is 10.1 Å². The van der Waals surface area contributed by atoms with Gasteiger partial charge in [0.15, 0.2) is 6.10 Å². The van der Waals surface area contributed by atoms with Gasteiger partial charge in [-0.05, 0) is 31.9 Å². The summed E-state index contributed by atoms with van der Waals surface area (Å²) in [7, 11) is -3.85. The first kappa shape index (κ1) is 14.0. The van der Waals surface area contributed by atoms with Gasteiger partial charge in [0.25, 0.3) is 10.1 Å². The quantitative estimate of drug-likeness (QED) is 0.795. The lowest BCUT2D eigenvalue weighted by Gasteiger charge is -2.16. The number of hydrogen-bond donors (Lipinski definition) is 0. The summed E-state index contributed by atoms with van der Waals surface area (Å²) in [5.74, 6) is 0.0326. The van der Waals surface area contributed by atoms with E-state index in [-0.39, 0.29) is 10.8 Å². The first-order chi connectivity index (χ1) is 9.03. The number of benzene rings is 1. The van der Waals surface area contributed by atoms with Gasteiger partial charge in [0.05, 0.1) is 11.0 Å². The van der Waals surface area contributed by atoms with Gasteiger partial charge < -0.3 is 0 Å². The fourth-order valence-electron chi connectivity index (χ4n) is 2.36. The second-order valence-electron chi connectivity index (χ2n) is 4.96. The molecular formula is C14H17NO3S. The molecule has 0 amide bonds. The predicted molar refractivity (Wildman–Crippen MR) is 70.8 cm³/mol. The fourth-order valence-corrected chi connectivity index (χ4v) is 3.42. The Kier molecular flexibility index (Phi) is 4.23. The first-order valence-corrected chi connectivity index (χ1v) is 7.83. The Morgan fingerprint density at radius 2 is 1.84 bits per heavy atom. The molecule has 2 rings (SSSR count). The molecule has 0 radical (unpaired) electrons. The maximum absolute atomic E-state index is 12.1. The Balaban J connectivity index is 2.16. The monoisotopic (exact) mass is 279 g/mol. The summed E-state index contributed by atoms with van der Waals surface area (Å²) in [4.78, 5) is 0.108.